The van der Waals surface area contributed by atoms with Crippen molar-refractivity contribution < 1.29 is 0 Å². The van der Waals surface area contributed by atoms with Gasteiger partial charge >= 0.3 is 0 Å². The van der Waals surface area contributed by atoms with E-state index in [0.29, 0.717) is 12.0 Å². The molecule has 0 aromatic heterocycles. The van der Waals surface area contributed by atoms with Gasteiger partial charge in [0.15, 0.2) is 0 Å². The molecule has 0 bridgehead atoms. The van der Waals surface area contributed by atoms with E-state index in [9.17, 15) is 0 Å². The van der Waals surface area contributed by atoms with Crippen LogP contribution >= 0.6 is 0 Å². The highest BCUT2D eigenvalue weighted by molar-refractivity contribution is 5.29. The minimum absolute atomic E-state index is 0.375. The molecule has 1 unspecified atom stereocenters. The van der Waals surface area contributed by atoms with E-state index in [1.54, 1.807) is 0 Å². The molecule has 0 aliphatic rings. The van der Waals surface area contributed by atoms with Crippen molar-refractivity contribution in [2.45, 2.75) is 39.7 Å². The van der Waals surface area contributed by atoms with Gasteiger partial charge in [0.05, 0.1) is 0 Å². The molecule has 21 heavy (non-hydrogen) atoms. The van der Waals surface area contributed by atoms with Gasteiger partial charge in [0.1, 0.15) is 0 Å². The smallest absolute Gasteiger partial charge is 0.0358 e. The Labute approximate surface area is 129 Å². The van der Waals surface area contributed by atoms with Crippen LogP contribution in [0.2, 0.25) is 0 Å². The molecular formula is C20H27N. The summed E-state index contributed by atoms with van der Waals surface area (Å²) >= 11 is 0. The topological polar surface area (TPSA) is 12.0 Å². The van der Waals surface area contributed by atoms with E-state index in [-0.39, 0.29) is 0 Å². The molecule has 2 rings (SSSR count). The van der Waals surface area contributed by atoms with Gasteiger partial charge in [-0.2, -0.15) is 0 Å². The molecule has 2 aromatic rings. The lowest BCUT2D eigenvalue weighted by Gasteiger charge is -2.18. The highest BCUT2D eigenvalue weighted by atomic mass is 14.9. The Morgan fingerprint density at radius 3 is 2.24 bits per heavy atom. The van der Waals surface area contributed by atoms with Crippen LogP contribution in [-0.2, 0) is 12.8 Å². The lowest BCUT2D eigenvalue weighted by atomic mass is 9.95. The van der Waals surface area contributed by atoms with Crippen LogP contribution in [0.15, 0.2) is 48.5 Å². The van der Waals surface area contributed by atoms with Gasteiger partial charge in [0.2, 0.25) is 0 Å². The minimum Gasteiger partial charge on any atom is -0.313 e. The number of hydrogen-bond acceptors (Lipinski definition) is 1. The molecule has 0 radical (unpaired) electrons. The summed E-state index contributed by atoms with van der Waals surface area (Å²) in [7, 11) is 2.05. The van der Waals surface area contributed by atoms with Gasteiger partial charge < -0.3 is 5.32 Å². The van der Waals surface area contributed by atoms with Gasteiger partial charge in [-0.25, -0.2) is 0 Å². The van der Waals surface area contributed by atoms with Gasteiger partial charge in [-0.1, -0.05) is 67.9 Å². The Balaban J connectivity index is 2.15. The third kappa shape index (κ3) is 4.71. The quantitative estimate of drug-likeness (QED) is 0.809. The first-order chi connectivity index (χ1) is 10.1. The number of rotatable bonds is 6. The molecule has 0 aliphatic heterocycles. The molecular weight excluding hydrogens is 254 g/mol. The first kappa shape index (κ1) is 15.8. The van der Waals surface area contributed by atoms with E-state index in [1.807, 2.05) is 7.05 Å². The van der Waals surface area contributed by atoms with Crippen LogP contribution < -0.4 is 5.32 Å². The molecule has 0 aliphatic carbocycles. The summed E-state index contributed by atoms with van der Waals surface area (Å²) < 4.78 is 0. The SMILES string of the molecule is CNC(Cc1ccc(C)cc1)c1cccc(CC(C)C)c1. The second kappa shape index (κ2) is 7.42. The maximum Gasteiger partial charge on any atom is 0.0358 e. The molecule has 112 valence electrons. The summed E-state index contributed by atoms with van der Waals surface area (Å²) in [6.07, 6.45) is 2.18. The average molecular weight is 281 g/mol. The Bertz CT molecular complexity index is 554. The van der Waals surface area contributed by atoms with E-state index >= 15 is 0 Å². The van der Waals surface area contributed by atoms with Crippen LogP contribution in [0, 0.1) is 12.8 Å². The Morgan fingerprint density at radius 1 is 0.905 bits per heavy atom. The summed E-state index contributed by atoms with van der Waals surface area (Å²) in [5.74, 6) is 0.699. The monoisotopic (exact) mass is 281 g/mol. The molecule has 0 spiro atoms. The van der Waals surface area contributed by atoms with Crippen LogP contribution in [0.4, 0.5) is 0 Å². The third-order valence-electron chi connectivity index (χ3n) is 3.91. The van der Waals surface area contributed by atoms with Crippen LogP contribution in [0.5, 0.6) is 0 Å². The Hall–Kier alpha value is -1.60. The second-order valence-corrected chi connectivity index (χ2v) is 6.37. The molecule has 1 atom stereocenters. The predicted octanol–water partition coefficient (Wildman–Crippen LogP) is 4.70. The zero-order valence-corrected chi connectivity index (χ0v) is 13.7. The normalized spacial score (nSPS) is 12.6. The van der Waals surface area contributed by atoms with Gasteiger partial charge in [-0.05, 0) is 49.4 Å². The molecule has 0 heterocycles. The number of hydrogen-bond donors (Lipinski definition) is 1. The number of nitrogens with one attached hydrogen (secondary N) is 1. The zero-order chi connectivity index (χ0) is 15.2. The first-order valence-electron chi connectivity index (χ1n) is 7.90. The van der Waals surface area contributed by atoms with Crippen molar-refractivity contribution in [1.82, 2.24) is 5.32 Å². The lowest BCUT2D eigenvalue weighted by Crippen LogP contribution is -2.19. The fourth-order valence-electron chi connectivity index (χ4n) is 2.75. The van der Waals surface area contributed by atoms with Crippen LogP contribution in [-0.4, -0.2) is 7.05 Å². The van der Waals surface area contributed by atoms with Crippen molar-refractivity contribution >= 4 is 0 Å². The fraction of sp³-hybridized carbons (Fsp3) is 0.400. The van der Waals surface area contributed by atoms with Crippen molar-refractivity contribution in [3.63, 3.8) is 0 Å². The van der Waals surface area contributed by atoms with E-state index in [1.165, 1.54) is 22.3 Å². The van der Waals surface area contributed by atoms with Gasteiger partial charge in [0.25, 0.3) is 0 Å². The van der Waals surface area contributed by atoms with Crippen molar-refractivity contribution in [1.29, 1.82) is 0 Å². The average Bonchev–Trinajstić information content (AvgIpc) is 2.46. The molecule has 1 nitrogen and oxygen atoms in total. The van der Waals surface area contributed by atoms with Gasteiger partial charge in [-0.3, -0.25) is 0 Å². The maximum atomic E-state index is 3.46. The van der Waals surface area contributed by atoms with Crippen LogP contribution in [0.3, 0.4) is 0 Å². The van der Waals surface area contributed by atoms with E-state index in [2.05, 4.69) is 74.6 Å². The van der Waals surface area contributed by atoms with E-state index < -0.39 is 0 Å². The molecule has 0 fully saturated rings. The minimum atomic E-state index is 0.375. The summed E-state index contributed by atoms with van der Waals surface area (Å²) in [6.45, 7) is 6.68. The third-order valence-corrected chi connectivity index (χ3v) is 3.91. The molecule has 1 N–H and O–H groups in total. The van der Waals surface area contributed by atoms with E-state index in [4.69, 9.17) is 0 Å². The largest absolute Gasteiger partial charge is 0.313 e. The van der Waals surface area contributed by atoms with Crippen molar-refractivity contribution in [3.8, 4) is 0 Å². The summed E-state index contributed by atoms with van der Waals surface area (Å²) in [5.41, 5.74) is 5.52. The Morgan fingerprint density at radius 2 is 1.62 bits per heavy atom. The summed E-state index contributed by atoms with van der Waals surface area (Å²) in [5, 5.41) is 3.46. The van der Waals surface area contributed by atoms with Gasteiger partial charge in [0, 0.05) is 6.04 Å². The zero-order valence-electron chi connectivity index (χ0n) is 13.7. The van der Waals surface area contributed by atoms with Crippen LogP contribution in [0.25, 0.3) is 0 Å². The predicted molar refractivity (Wildman–Crippen MR) is 91.7 cm³/mol. The highest BCUT2D eigenvalue weighted by Crippen LogP contribution is 2.21. The fourth-order valence-corrected chi connectivity index (χ4v) is 2.75. The summed E-state index contributed by atoms with van der Waals surface area (Å²) in [6, 6.07) is 18.2. The Kier molecular flexibility index (Phi) is 5.58. The molecule has 0 saturated carbocycles. The van der Waals surface area contributed by atoms with Gasteiger partial charge in [-0.15, -0.1) is 0 Å². The number of benzene rings is 2. The van der Waals surface area contributed by atoms with Crippen molar-refractivity contribution in [2.75, 3.05) is 7.05 Å². The molecule has 2 aromatic carbocycles. The molecule has 1 heteroatoms. The number of aryl methyl sites for hydroxylation is 1. The van der Waals surface area contributed by atoms with Crippen molar-refractivity contribution in [2.24, 2.45) is 5.92 Å². The lowest BCUT2D eigenvalue weighted by molar-refractivity contribution is 0.589. The van der Waals surface area contributed by atoms with E-state index in [0.717, 1.165) is 12.8 Å². The highest BCUT2D eigenvalue weighted by Gasteiger charge is 2.11. The maximum absolute atomic E-state index is 3.46. The van der Waals surface area contributed by atoms with Crippen LogP contribution in [0.1, 0.15) is 42.1 Å². The van der Waals surface area contributed by atoms with Crippen molar-refractivity contribution in [3.05, 3.63) is 70.8 Å². The number of likely N-dealkylation sites (N-methyl/N-ethyl adjacent to an activating group) is 1. The molecule has 0 amide bonds. The second-order valence-electron chi connectivity index (χ2n) is 6.37. The summed E-state index contributed by atoms with van der Waals surface area (Å²) in [4.78, 5) is 0. The first-order valence-corrected chi connectivity index (χ1v) is 7.90. The molecule has 0 saturated heterocycles. The standard InChI is InChI=1S/C20H27N/c1-15(2)12-18-6-5-7-19(13-18)20(21-4)14-17-10-8-16(3)9-11-17/h5-11,13,15,20-21H,12,14H2,1-4H3.